The molecule has 0 aliphatic carbocycles. The Bertz CT molecular complexity index is 972. The Morgan fingerprint density at radius 2 is 2.06 bits per heavy atom. The molecule has 0 spiro atoms. The lowest BCUT2D eigenvalue weighted by Gasteiger charge is -2.35. The number of aryl methyl sites for hydroxylation is 1. The van der Waals surface area contributed by atoms with Crippen molar-refractivity contribution in [3.63, 3.8) is 0 Å². The van der Waals surface area contributed by atoms with Crippen molar-refractivity contribution < 1.29 is 0 Å². The maximum atomic E-state index is 13.0. The van der Waals surface area contributed by atoms with Crippen LogP contribution in [0.2, 0.25) is 0 Å². The zero-order valence-electron chi connectivity index (χ0n) is 18.7. The highest BCUT2D eigenvalue weighted by Crippen LogP contribution is 2.20. The fourth-order valence-electron chi connectivity index (χ4n) is 4.97. The van der Waals surface area contributed by atoms with E-state index in [1.807, 2.05) is 22.8 Å². The van der Waals surface area contributed by atoms with Crippen molar-refractivity contribution >= 4 is 33.9 Å². The third kappa shape index (κ3) is 5.44. The standard InChI is InChI=1S/C24H35N5OS/c1-2-19-9-5-7-14-28(19)15-8-13-25-24(31)26-18-11-12-21-20(17-18)23(30)29-16-6-3-4-10-22(29)27-21/h11-12,17,19H,2-10,13-16H2,1H3,(H2,25,26,31). The highest BCUT2D eigenvalue weighted by molar-refractivity contribution is 7.80. The van der Waals surface area contributed by atoms with Gasteiger partial charge in [-0.1, -0.05) is 19.8 Å². The number of rotatable bonds is 6. The zero-order valence-corrected chi connectivity index (χ0v) is 19.5. The van der Waals surface area contributed by atoms with Crippen LogP contribution >= 0.6 is 12.2 Å². The Labute approximate surface area is 190 Å². The second kappa shape index (κ2) is 10.6. The van der Waals surface area contributed by atoms with Gasteiger partial charge in [-0.3, -0.25) is 9.36 Å². The van der Waals surface area contributed by atoms with Crippen molar-refractivity contribution in [3.8, 4) is 0 Å². The van der Waals surface area contributed by atoms with Crippen LogP contribution < -0.4 is 16.2 Å². The van der Waals surface area contributed by atoms with Crippen LogP contribution in [0.25, 0.3) is 10.9 Å². The van der Waals surface area contributed by atoms with Gasteiger partial charge >= 0.3 is 0 Å². The third-order valence-corrected chi connectivity index (χ3v) is 6.95. The van der Waals surface area contributed by atoms with Gasteiger partial charge in [0.05, 0.1) is 10.9 Å². The molecule has 3 heterocycles. The Morgan fingerprint density at radius 1 is 1.19 bits per heavy atom. The van der Waals surface area contributed by atoms with Crippen LogP contribution in [0.3, 0.4) is 0 Å². The first-order valence-electron chi connectivity index (χ1n) is 12.0. The molecule has 4 rings (SSSR count). The molecule has 1 unspecified atom stereocenters. The van der Waals surface area contributed by atoms with E-state index in [2.05, 4.69) is 22.5 Å². The summed E-state index contributed by atoms with van der Waals surface area (Å²) in [5.41, 5.74) is 1.67. The molecule has 1 aromatic heterocycles. The van der Waals surface area contributed by atoms with Gasteiger partial charge < -0.3 is 15.5 Å². The van der Waals surface area contributed by atoms with Gasteiger partial charge in [-0.15, -0.1) is 0 Å². The van der Waals surface area contributed by atoms with Gasteiger partial charge in [0, 0.05) is 37.8 Å². The molecule has 31 heavy (non-hydrogen) atoms. The van der Waals surface area contributed by atoms with Crippen molar-refractivity contribution in [2.45, 2.75) is 77.3 Å². The molecule has 0 amide bonds. The summed E-state index contributed by atoms with van der Waals surface area (Å²) in [5.74, 6) is 0.923. The van der Waals surface area contributed by atoms with Gasteiger partial charge in [-0.2, -0.15) is 0 Å². The first-order chi connectivity index (χ1) is 15.2. The van der Waals surface area contributed by atoms with E-state index in [-0.39, 0.29) is 5.56 Å². The van der Waals surface area contributed by atoms with Crippen LogP contribution in [0, 0.1) is 0 Å². The van der Waals surface area contributed by atoms with Gasteiger partial charge in [0.2, 0.25) is 0 Å². The van der Waals surface area contributed by atoms with Crippen molar-refractivity contribution in [2.24, 2.45) is 0 Å². The molecule has 1 atom stereocenters. The van der Waals surface area contributed by atoms with E-state index in [0.29, 0.717) is 10.5 Å². The number of nitrogens with zero attached hydrogens (tertiary/aromatic N) is 3. The minimum atomic E-state index is 0.0661. The SMILES string of the molecule is CCC1CCCCN1CCCNC(=S)Nc1ccc2nc3n(c(=O)c2c1)CCCCC3. The predicted octanol–water partition coefficient (Wildman–Crippen LogP) is 4.06. The first-order valence-corrected chi connectivity index (χ1v) is 12.4. The van der Waals surface area contributed by atoms with Crippen molar-refractivity contribution in [2.75, 3.05) is 25.0 Å². The van der Waals surface area contributed by atoms with E-state index < -0.39 is 0 Å². The van der Waals surface area contributed by atoms with E-state index in [9.17, 15) is 4.79 Å². The summed E-state index contributed by atoms with van der Waals surface area (Å²) in [6, 6.07) is 6.51. The van der Waals surface area contributed by atoms with Crippen molar-refractivity contribution in [1.29, 1.82) is 0 Å². The number of benzene rings is 1. The summed E-state index contributed by atoms with van der Waals surface area (Å²) in [6.07, 6.45) is 10.5. The summed E-state index contributed by atoms with van der Waals surface area (Å²) >= 11 is 5.49. The largest absolute Gasteiger partial charge is 0.362 e. The minimum Gasteiger partial charge on any atom is -0.362 e. The number of hydrogen-bond donors (Lipinski definition) is 2. The summed E-state index contributed by atoms with van der Waals surface area (Å²) < 4.78 is 1.86. The Hall–Kier alpha value is -1.99. The number of thiocarbonyl (C=S) groups is 1. The van der Waals surface area contributed by atoms with Crippen LogP contribution in [-0.2, 0) is 13.0 Å². The maximum Gasteiger partial charge on any atom is 0.261 e. The summed E-state index contributed by atoms with van der Waals surface area (Å²) in [5, 5.41) is 7.83. The van der Waals surface area contributed by atoms with Crippen LogP contribution in [0.4, 0.5) is 5.69 Å². The van der Waals surface area contributed by atoms with Crippen LogP contribution in [0.15, 0.2) is 23.0 Å². The van der Waals surface area contributed by atoms with E-state index in [4.69, 9.17) is 17.2 Å². The Balaban J connectivity index is 1.33. The first kappa shape index (κ1) is 22.2. The van der Waals surface area contributed by atoms with E-state index in [1.54, 1.807) is 0 Å². The number of anilines is 1. The topological polar surface area (TPSA) is 62.2 Å². The molecule has 0 radical (unpaired) electrons. The number of likely N-dealkylation sites (tertiary alicyclic amines) is 1. The molecule has 1 fully saturated rings. The lowest BCUT2D eigenvalue weighted by atomic mass is 10.00. The molecular formula is C24H35N5OS. The Morgan fingerprint density at radius 3 is 2.94 bits per heavy atom. The van der Waals surface area contributed by atoms with Crippen LogP contribution in [-0.4, -0.2) is 45.2 Å². The minimum absolute atomic E-state index is 0.0661. The molecule has 2 aliphatic rings. The van der Waals surface area contributed by atoms with Crippen molar-refractivity contribution in [1.82, 2.24) is 19.8 Å². The quantitative estimate of drug-likeness (QED) is 0.521. The fourth-order valence-corrected chi connectivity index (χ4v) is 5.19. The molecule has 7 heteroatoms. The number of piperidine rings is 1. The monoisotopic (exact) mass is 441 g/mol. The molecule has 0 bridgehead atoms. The van der Waals surface area contributed by atoms with Crippen molar-refractivity contribution in [3.05, 3.63) is 34.4 Å². The summed E-state index contributed by atoms with van der Waals surface area (Å²) in [7, 11) is 0. The van der Waals surface area contributed by atoms with Gasteiger partial charge in [0.1, 0.15) is 5.82 Å². The van der Waals surface area contributed by atoms with Gasteiger partial charge in [-0.25, -0.2) is 4.98 Å². The lowest BCUT2D eigenvalue weighted by molar-refractivity contribution is 0.143. The normalized spacial score (nSPS) is 19.6. The maximum absolute atomic E-state index is 13.0. The molecule has 1 saturated heterocycles. The average molecular weight is 442 g/mol. The molecule has 168 valence electrons. The highest BCUT2D eigenvalue weighted by atomic mass is 32.1. The third-order valence-electron chi connectivity index (χ3n) is 6.70. The van der Waals surface area contributed by atoms with Crippen LogP contribution in [0.1, 0.15) is 64.1 Å². The number of hydrogen-bond acceptors (Lipinski definition) is 4. The van der Waals surface area contributed by atoms with E-state index >= 15 is 0 Å². The number of nitrogens with one attached hydrogen (secondary N) is 2. The molecule has 0 saturated carbocycles. The predicted molar refractivity (Wildman–Crippen MR) is 132 cm³/mol. The number of fused-ring (bicyclic) bond motifs is 2. The molecule has 2 aromatic rings. The fraction of sp³-hybridized carbons (Fsp3) is 0.625. The Kier molecular flexibility index (Phi) is 7.56. The zero-order chi connectivity index (χ0) is 21.6. The average Bonchev–Trinajstić information content (AvgIpc) is 3.03. The van der Waals surface area contributed by atoms with Gasteiger partial charge in [-0.05, 0) is 75.5 Å². The van der Waals surface area contributed by atoms with E-state index in [0.717, 1.165) is 74.8 Å². The molecule has 2 N–H and O–H groups in total. The lowest BCUT2D eigenvalue weighted by Crippen LogP contribution is -2.40. The molecule has 2 aliphatic heterocycles. The molecular weight excluding hydrogens is 406 g/mol. The molecule has 6 nitrogen and oxygen atoms in total. The van der Waals surface area contributed by atoms with E-state index in [1.165, 1.54) is 32.2 Å². The second-order valence-electron chi connectivity index (χ2n) is 8.86. The smallest absolute Gasteiger partial charge is 0.261 e. The molecule has 1 aromatic carbocycles. The second-order valence-corrected chi connectivity index (χ2v) is 9.26. The van der Waals surface area contributed by atoms with Gasteiger partial charge in [0.15, 0.2) is 5.11 Å². The van der Waals surface area contributed by atoms with Gasteiger partial charge in [0.25, 0.3) is 5.56 Å². The summed E-state index contributed by atoms with van der Waals surface area (Å²) in [6.45, 7) is 6.26. The highest BCUT2D eigenvalue weighted by Gasteiger charge is 2.19. The summed E-state index contributed by atoms with van der Waals surface area (Å²) in [4.78, 5) is 20.4. The van der Waals surface area contributed by atoms with Crippen LogP contribution in [0.5, 0.6) is 0 Å². The number of aromatic nitrogens is 2.